The van der Waals surface area contributed by atoms with Gasteiger partial charge in [-0.1, -0.05) is 26.7 Å². The highest BCUT2D eigenvalue weighted by molar-refractivity contribution is 7.09. The molecule has 1 aliphatic carbocycles. The molecule has 0 spiro atoms. The molecule has 3 rings (SSSR count). The zero-order chi connectivity index (χ0) is 16.6. The van der Waals surface area contributed by atoms with E-state index in [1.165, 1.54) is 0 Å². The van der Waals surface area contributed by atoms with Crippen molar-refractivity contribution in [2.24, 2.45) is 0 Å². The maximum atomic E-state index is 12.8. The van der Waals surface area contributed by atoms with Crippen LogP contribution in [0, 0.1) is 13.8 Å². The zero-order valence-corrected chi connectivity index (χ0v) is 15.0. The number of furan rings is 1. The molecule has 124 valence electrons. The maximum absolute atomic E-state index is 12.8. The highest BCUT2D eigenvalue weighted by atomic mass is 32.1. The molecule has 2 heterocycles. The molecule has 0 saturated heterocycles. The fourth-order valence-electron chi connectivity index (χ4n) is 3.24. The second-order valence-electron chi connectivity index (χ2n) is 6.81. The van der Waals surface area contributed by atoms with Crippen molar-refractivity contribution in [2.75, 3.05) is 0 Å². The van der Waals surface area contributed by atoms with Gasteiger partial charge in [0.2, 0.25) is 0 Å². The summed E-state index contributed by atoms with van der Waals surface area (Å²) in [5, 5.41) is 6.37. The third kappa shape index (κ3) is 3.07. The normalized spacial score (nSPS) is 16.9. The molecule has 2 aromatic heterocycles. The minimum atomic E-state index is -0.308. The van der Waals surface area contributed by atoms with E-state index in [-0.39, 0.29) is 17.4 Å². The van der Waals surface area contributed by atoms with Crippen LogP contribution in [-0.2, 0) is 5.54 Å². The van der Waals surface area contributed by atoms with Crippen LogP contribution in [0.3, 0.4) is 0 Å². The van der Waals surface area contributed by atoms with E-state index in [9.17, 15) is 4.79 Å². The lowest BCUT2D eigenvalue weighted by atomic mass is 9.97. The maximum Gasteiger partial charge on any atom is 0.255 e. The van der Waals surface area contributed by atoms with Crippen molar-refractivity contribution in [3.05, 3.63) is 39.2 Å². The van der Waals surface area contributed by atoms with Crippen molar-refractivity contribution < 1.29 is 9.21 Å². The van der Waals surface area contributed by atoms with Gasteiger partial charge < -0.3 is 9.73 Å². The van der Waals surface area contributed by atoms with E-state index in [2.05, 4.69) is 29.5 Å². The molecular formula is C18H24N2O2S. The van der Waals surface area contributed by atoms with Crippen molar-refractivity contribution in [1.82, 2.24) is 10.3 Å². The Kier molecular flexibility index (Phi) is 4.32. The van der Waals surface area contributed by atoms with Gasteiger partial charge in [0.1, 0.15) is 16.5 Å². The Bertz CT molecular complexity index is 708. The lowest BCUT2D eigenvalue weighted by Gasteiger charge is -2.28. The Hall–Kier alpha value is -1.62. The van der Waals surface area contributed by atoms with Crippen molar-refractivity contribution >= 4 is 17.2 Å². The zero-order valence-electron chi connectivity index (χ0n) is 14.2. The molecule has 1 amide bonds. The minimum absolute atomic E-state index is 0.0482. The predicted octanol–water partition coefficient (Wildman–Crippen LogP) is 4.68. The number of carbonyl (C=O) groups is 1. The Morgan fingerprint density at radius 1 is 1.35 bits per heavy atom. The van der Waals surface area contributed by atoms with Crippen molar-refractivity contribution in [3.63, 3.8) is 0 Å². The number of nitrogens with one attached hydrogen (secondary N) is 1. The van der Waals surface area contributed by atoms with Crippen molar-refractivity contribution in [2.45, 2.75) is 64.8 Å². The molecule has 23 heavy (non-hydrogen) atoms. The molecule has 4 nitrogen and oxygen atoms in total. The molecule has 0 atom stereocenters. The van der Waals surface area contributed by atoms with Crippen molar-refractivity contribution in [1.29, 1.82) is 0 Å². The molecule has 0 aromatic carbocycles. The predicted molar refractivity (Wildman–Crippen MR) is 92.0 cm³/mol. The quantitative estimate of drug-likeness (QED) is 0.884. The molecule has 1 saturated carbocycles. The molecular weight excluding hydrogens is 308 g/mol. The molecule has 1 N–H and O–H groups in total. The Morgan fingerprint density at radius 3 is 2.57 bits per heavy atom. The first-order valence-electron chi connectivity index (χ1n) is 8.27. The van der Waals surface area contributed by atoms with Gasteiger partial charge in [-0.05, 0) is 32.8 Å². The lowest BCUT2D eigenvalue weighted by molar-refractivity contribution is 0.0896. The van der Waals surface area contributed by atoms with E-state index in [1.54, 1.807) is 11.3 Å². The number of aryl methyl sites for hydroxylation is 2. The molecule has 1 aliphatic rings. The molecule has 0 bridgehead atoms. The molecule has 0 radical (unpaired) electrons. The van der Waals surface area contributed by atoms with Crippen LogP contribution in [-0.4, -0.2) is 10.9 Å². The van der Waals surface area contributed by atoms with E-state index < -0.39 is 0 Å². The average molecular weight is 332 g/mol. The van der Waals surface area contributed by atoms with Crippen molar-refractivity contribution in [3.8, 4) is 0 Å². The fraction of sp³-hybridized carbons (Fsp3) is 0.556. The van der Waals surface area contributed by atoms with Gasteiger partial charge in [0.25, 0.3) is 5.91 Å². The first-order valence-corrected chi connectivity index (χ1v) is 9.15. The summed E-state index contributed by atoms with van der Waals surface area (Å²) in [4.78, 5) is 17.5. The molecule has 0 unspecified atom stereocenters. The van der Waals surface area contributed by atoms with Gasteiger partial charge in [0.05, 0.1) is 11.1 Å². The standard InChI is InChI=1S/C18H24N2O2S/c1-11(2)15-9-14(13(4)22-15)16(21)20-18(7-5-6-8-18)17-19-12(3)10-23-17/h9-11H,5-8H2,1-4H3,(H,20,21). The van der Waals surface area contributed by atoms with Gasteiger partial charge in [0.15, 0.2) is 0 Å². The molecule has 0 aliphatic heterocycles. The number of hydrogen-bond acceptors (Lipinski definition) is 4. The summed E-state index contributed by atoms with van der Waals surface area (Å²) in [7, 11) is 0. The first kappa shape index (κ1) is 16.2. The fourth-order valence-corrected chi connectivity index (χ4v) is 4.26. The highest BCUT2D eigenvalue weighted by Crippen LogP contribution is 2.40. The third-order valence-corrected chi connectivity index (χ3v) is 5.75. The first-order chi connectivity index (χ1) is 10.9. The van der Waals surface area contributed by atoms with Crippen LogP contribution in [0.25, 0.3) is 0 Å². The van der Waals surface area contributed by atoms with E-state index in [4.69, 9.17) is 4.42 Å². The van der Waals surface area contributed by atoms with Crippen LogP contribution in [0.5, 0.6) is 0 Å². The second-order valence-corrected chi connectivity index (χ2v) is 7.67. The number of rotatable bonds is 4. The monoisotopic (exact) mass is 332 g/mol. The molecule has 2 aromatic rings. The number of hydrogen-bond donors (Lipinski definition) is 1. The summed E-state index contributed by atoms with van der Waals surface area (Å²) in [6, 6.07) is 1.88. The van der Waals surface area contributed by atoms with E-state index >= 15 is 0 Å². The lowest BCUT2D eigenvalue weighted by Crippen LogP contribution is -2.43. The van der Waals surface area contributed by atoms with Crippen LogP contribution in [0.4, 0.5) is 0 Å². The topological polar surface area (TPSA) is 55.1 Å². The summed E-state index contributed by atoms with van der Waals surface area (Å²) in [5.74, 6) is 1.78. The van der Waals surface area contributed by atoms with Crippen LogP contribution in [0.2, 0.25) is 0 Å². The summed E-state index contributed by atoms with van der Waals surface area (Å²) in [6.45, 7) is 7.99. The van der Waals surface area contributed by atoms with Gasteiger partial charge in [-0.15, -0.1) is 11.3 Å². The van der Waals surface area contributed by atoms with Gasteiger partial charge in [0, 0.05) is 17.0 Å². The van der Waals surface area contributed by atoms with Gasteiger partial charge in [-0.3, -0.25) is 4.79 Å². The van der Waals surface area contributed by atoms with E-state index in [0.717, 1.165) is 42.1 Å². The highest BCUT2D eigenvalue weighted by Gasteiger charge is 2.40. The number of nitrogens with zero attached hydrogens (tertiary/aromatic N) is 1. The second kappa shape index (κ2) is 6.11. The average Bonchev–Trinajstić information content (AvgIpc) is 3.19. The Balaban J connectivity index is 1.88. The van der Waals surface area contributed by atoms with Crippen LogP contribution in [0.1, 0.15) is 78.0 Å². The van der Waals surface area contributed by atoms with Gasteiger partial charge in [-0.2, -0.15) is 0 Å². The minimum Gasteiger partial charge on any atom is -0.465 e. The summed E-state index contributed by atoms with van der Waals surface area (Å²) in [5.41, 5.74) is 1.36. The Morgan fingerprint density at radius 2 is 2.04 bits per heavy atom. The summed E-state index contributed by atoms with van der Waals surface area (Å²) < 4.78 is 5.73. The summed E-state index contributed by atoms with van der Waals surface area (Å²) >= 11 is 1.65. The molecule has 5 heteroatoms. The van der Waals surface area contributed by atoms with Gasteiger partial charge in [-0.25, -0.2) is 4.98 Å². The third-order valence-electron chi connectivity index (χ3n) is 4.59. The smallest absolute Gasteiger partial charge is 0.255 e. The van der Waals surface area contributed by atoms with Gasteiger partial charge >= 0.3 is 0 Å². The number of aromatic nitrogens is 1. The number of thiazole rings is 1. The van der Waals surface area contributed by atoms with E-state index in [1.807, 2.05) is 19.9 Å². The summed E-state index contributed by atoms with van der Waals surface area (Å²) in [6.07, 6.45) is 4.17. The molecule has 1 fully saturated rings. The Labute approximate surface area is 141 Å². The van der Waals surface area contributed by atoms with Crippen LogP contribution >= 0.6 is 11.3 Å². The van der Waals surface area contributed by atoms with Crippen LogP contribution < -0.4 is 5.32 Å². The van der Waals surface area contributed by atoms with E-state index in [0.29, 0.717) is 11.3 Å². The largest absolute Gasteiger partial charge is 0.465 e. The number of carbonyl (C=O) groups excluding carboxylic acids is 1. The van der Waals surface area contributed by atoms with Crippen LogP contribution in [0.15, 0.2) is 15.9 Å². The number of amides is 1. The SMILES string of the molecule is Cc1csc(C2(NC(=O)c3cc(C(C)C)oc3C)CCCC2)n1.